The van der Waals surface area contributed by atoms with E-state index in [1.54, 1.807) is 24.3 Å². The summed E-state index contributed by atoms with van der Waals surface area (Å²) in [6, 6.07) is 18.6. The monoisotopic (exact) mass is 349 g/mol. The standard InChI is InChI=1S/C21H13F2NO2/c22-21(23,13-9-10-18-19(11-13)26-12-25-18)20-16-7-2-1-5-14(16)15-6-3-4-8-17(15)24-20/h1-11H,12H2. The minimum Gasteiger partial charge on any atom is -0.454 e. The Labute approximate surface area is 147 Å². The molecule has 0 aliphatic carbocycles. The van der Waals surface area contributed by atoms with Crippen LogP contribution in [0.5, 0.6) is 11.5 Å². The molecule has 128 valence electrons. The first-order valence-electron chi connectivity index (χ1n) is 8.20. The van der Waals surface area contributed by atoms with Gasteiger partial charge in [0, 0.05) is 16.3 Å². The molecular weight excluding hydrogens is 336 g/mol. The first-order valence-corrected chi connectivity index (χ1v) is 8.20. The number of hydrogen-bond donors (Lipinski definition) is 0. The maximum atomic E-state index is 15.5. The fourth-order valence-corrected chi connectivity index (χ4v) is 3.37. The minimum atomic E-state index is -3.27. The lowest BCUT2D eigenvalue weighted by Crippen LogP contribution is -2.18. The number of halogens is 2. The first-order chi connectivity index (χ1) is 12.6. The van der Waals surface area contributed by atoms with Crippen LogP contribution in [0.4, 0.5) is 8.78 Å². The Bertz CT molecular complexity index is 1160. The van der Waals surface area contributed by atoms with E-state index in [1.807, 2.05) is 24.3 Å². The average Bonchev–Trinajstić information content (AvgIpc) is 3.15. The van der Waals surface area contributed by atoms with Crippen molar-refractivity contribution < 1.29 is 18.3 Å². The number of para-hydroxylation sites is 1. The largest absolute Gasteiger partial charge is 0.454 e. The highest BCUT2D eigenvalue weighted by Gasteiger charge is 2.39. The van der Waals surface area contributed by atoms with Gasteiger partial charge in [0.25, 0.3) is 0 Å². The van der Waals surface area contributed by atoms with Gasteiger partial charge < -0.3 is 9.47 Å². The second-order valence-electron chi connectivity index (χ2n) is 6.17. The fraction of sp³-hybridized carbons (Fsp3) is 0.0952. The molecule has 0 amide bonds. The maximum absolute atomic E-state index is 15.5. The van der Waals surface area contributed by atoms with Crippen LogP contribution in [0.15, 0.2) is 66.7 Å². The number of rotatable bonds is 2. The van der Waals surface area contributed by atoms with E-state index in [4.69, 9.17) is 9.47 Å². The van der Waals surface area contributed by atoms with Gasteiger partial charge in [-0.25, -0.2) is 4.98 Å². The van der Waals surface area contributed by atoms with Crippen LogP contribution in [-0.4, -0.2) is 11.8 Å². The summed E-state index contributed by atoms with van der Waals surface area (Å²) in [5, 5.41) is 2.05. The van der Waals surface area contributed by atoms with E-state index in [1.165, 1.54) is 18.2 Å². The van der Waals surface area contributed by atoms with Gasteiger partial charge in [0.2, 0.25) is 6.79 Å². The van der Waals surface area contributed by atoms with Gasteiger partial charge in [-0.1, -0.05) is 42.5 Å². The number of pyridine rings is 1. The first kappa shape index (κ1) is 15.1. The normalized spacial score (nSPS) is 13.5. The summed E-state index contributed by atoms with van der Waals surface area (Å²) in [6.45, 7) is 0.0432. The Balaban J connectivity index is 1.79. The summed E-state index contributed by atoms with van der Waals surface area (Å²) in [4.78, 5) is 4.32. The molecule has 0 bridgehead atoms. The van der Waals surface area contributed by atoms with Crippen molar-refractivity contribution in [2.45, 2.75) is 5.92 Å². The molecule has 5 heteroatoms. The molecule has 0 radical (unpaired) electrons. The molecular formula is C21H13F2NO2. The van der Waals surface area contributed by atoms with Gasteiger partial charge in [0.1, 0.15) is 5.69 Å². The van der Waals surface area contributed by atoms with Crippen molar-refractivity contribution in [1.82, 2.24) is 4.98 Å². The topological polar surface area (TPSA) is 31.4 Å². The van der Waals surface area contributed by atoms with Crippen LogP contribution >= 0.6 is 0 Å². The van der Waals surface area contributed by atoms with Gasteiger partial charge in [-0.2, -0.15) is 8.78 Å². The zero-order valence-electron chi connectivity index (χ0n) is 13.6. The number of benzene rings is 3. The van der Waals surface area contributed by atoms with E-state index in [9.17, 15) is 0 Å². The predicted molar refractivity (Wildman–Crippen MR) is 94.8 cm³/mol. The van der Waals surface area contributed by atoms with Crippen molar-refractivity contribution in [3.05, 3.63) is 78.0 Å². The van der Waals surface area contributed by atoms with Crippen molar-refractivity contribution in [3.63, 3.8) is 0 Å². The summed E-state index contributed by atoms with van der Waals surface area (Å²) in [5.41, 5.74) is 0.113. The second-order valence-corrected chi connectivity index (χ2v) is 6.17. The summed E-state index contributed by atoms with van der Waals surface area (Å²) >= 11 is 0. The summed E-state index contributed by atoms with van der Waals surface area (Å²) in [6.07, 6.45) is 0. The molecule has 3 aromatic carbocycles. The molecule has 5 rings (SSSR count). The van der Waals surface area contributed by atoms with Crippen molar-refractivity contribution in [2.24, 2.45) is 0 Å². The molecule has 1 aliphatic heterocycles. The highest BCUT2D eigenvalue weighted by Crippen LogP contribution is 2.43. The molecule has 0 saturated heterocycles. The summed E-state index contributed by atoms with van der Waals surface area (Å²) < 4.78 is 41.4. The Morgan fingerprint density at radius 2 is 1.46 bits per heavy atom. The van der Waals surface area contributed by atoms with Gasteiger partial charge >= 0.3 is 5.92 Å². The van der Waals surface area contributed by atoms with Crippen LogP contribution in [0, 0.1) is 0 Å². The van der Waals surface area contributed by atoms with E-state index in [0.29, 0.717) is 22.4 Å². The molecule has 1 aromatic heterocycles. The van der Waals surface area contributed by atoms with Gasteiger partial charge in [-0.15, -0.1) is 0 Å². The maximum Gasteiger partial charge on any atom is 0.315 e. The highest BCUT2D eigenvalue weighted by atomic mass is 19.3. The number of fused-ring (bicyclic) bond motifs is 4. The van der Waals surface area contributed by atoms with Crippen LogP contribution in [0.2, 0.25) is 0 Å². The highest BCUT2D eigenvalue weighted by molar-refractivity contribution is 6.06. The number of alkyl halides is 2. The Morgan fingerprint density at radius 3 is 2.31 bits per heavy atom. The van der Waals surface area contributed by atoms with E-state index in [-0.39, 0.29) is 18.1 Å². The molecule has 0 spiro atoms. The molecule has 0 N–H and O–H groups in total. The Morgan fingerprint density at radius 1 is 0.769 bits per heavy atom. The van der Waals surface area contributed by atoms with Crippen molar-refractivity contribution >= 4 is 21.7 Å². The lowest BCUT2D eigenvalue weighted by atomic mass is 9.97. The number of ether oxygens (including phenoxy) is 2. The van der Waals surface area contributed by atoms with E-state index in [0.717, 1.165) is 10.8 Å². The van der Waals surface area contributed by atoms with Crippen molar-refractivity contribution in [2.75, 3.05) is 6.79 Å². The van der Waals surface area contributed by atoms with Crippen LogP contribution in [0.1, 0.15) is 11.3 Å². The Kier molecular flexibility index (Phi) is 3.13. The van der Waals surface area contributed by atoms with Crippen LogP contribution in [0.25, 0.3) is 21.7 Å². The third-order valence-corrected chi connectivity index (χ3v) is 4.64. The zero-order valence-corrected chi connectivity index (χ0v) is 13.6. The molecule has 0 fully saturated rings. The zero-order chi connectivity index (χ0) is 17.7. The fourth-order valence-electron chi connectivity index (χ4n) is 3.37. The lowest BCUT2D eigenvalue weighted by Gasteiger charge is -2.19. The predicted octanol–water partition coefficient (Wildman–Crippen LogP) is 5.26. The molecule has 4 aromatic rings. The van der Waals surface area contributed by atoms with Crippen LogP contribution < -0.4 is 9.47 Å². The number of hydrogen-bond acceptors (Lipinski definition) is 3. The van der Waals surface area contributed by atoms with Crippen molar-refractivity contribution in [1.29, 1.82) is 0 Å². The molecule has 2 heterocycles. The lowest BCUT2D eigenvalue weighted by molar-refractivity contribution is 0.0399. The van der Waals surface area contributed by atoms with E-state index < -0.39 is 5.92 Å². The molecule has 1 aliphatic rings. The number of nitrogens with zero attached hydrogens (tertiary/aromatic N) is 1. The third-order valence-electron chi connectivity index (χ3n) is 4.64. The van der Waals surface area contributed by atoms with Gasteiger partial charge in [0.15, 0.2) is 11.5 Å². The Hall–Kier alpha value is -3.21. The summed E-state index contributed by atoms with van der Waals surface area (Å²) in [7, 11) is 0. The minimum absolute atomic E-state index is 0.0432. The average molecular weight is 349 g/mol. The number of aromatic nitrogens is 1. The molecule has 0 atom stereocenters. The molecule has 3 nitrogen and oxygen atoms in total. The van der Waals surface area contributed by atoms with E-state index in [2.05, 4.69) is 4.98 Å². The smallest absolute Gasteiger partial charge is 0.315 e. The van der Waals surface area contributed by atoms with Gasteiger partial charge in [-0.3, -0.25) is 0 Å². The molecule has 26 heavy (non-hydrogen) atoms. The van der Waals surface area contributed by atoms with Crippen LogP contribution in [0.3, 0.4) is 0 Å². The van der Waals surface area contributed by atoms with E-state index >= 15 is 8.78 Å². The molecule has 0 unspecified atom stereocenters. The van der Waals surface area contributed by atoms with Crippen LogP contribution in [-0.2, 0) is 5.92 Å². The van der Waals surface area contributed by atoms with Gasteiger partial charge in [0.05, 0.1) is 5.52 Å². The molecule has 0 saturated carbocycles. The van der Waals surface area contributed by atoms with Crippen molar-refractivity contribution in [3.8, 4) is 11.5 Å². The summed E-state index contributed by atoms with van der Waals surface area (Å²) in [5.74, 6) is -2.47. The second kappa shape index (κ2) is 5.39. The third kappa shape index (κ3) is 2.13. The van der Waals surface area contributed by atoms with Gasteiger partial charge in [-0.05, 0) is 29.7 Å². The SMILES string of the molecule is FC(F)(c1ccc2c(c1)OCO2)c1nc2ccccc2c2ccccc12. The quantitative estimate of drug-likeness (QED) is 0.463.